The first-order chi connectivity index (χ1) is 8.04. The van der Waals surface area contributed by atoms with E-state index in [9.17, 15) is 4.21 Å². The van der Waals surface area contributed by atoms with Crippen molar-refractivity contribution in [3.63, 3.8) is 0 Å². The first-order valence-corrected chi connectivity index (χ1v) is 8.56. The second kappa shape index (κ2) is 7.49. The average molecular weight is 260 g/mol. The van der Waals surface area contributed by atoms with Gasteiger partial charge in [-0.05, 0) is 39.7 Å². The minimum absolute atomic E-state index is 0.566. The van der Waals surface area contributed by atoms with Gasteiger partial charge in [-0.3, -0.25) is 9.11 Å². The zero-order chi connectivity index (χ0) is 12.8. The highest BCUT2D eigenvalue weighted by Crippen LogP contribution is 2.21. The molecular weight excluding hydrogens is 232 g/mol. The van der Waals surface area contributed by atoms with E-state index < -0.39 is 10.8 Å². The van der Waals surface area contributed by atoms with Crippen LogP contribution in [0.2, 0.25) is 0 Å². The van der Waals surface area contributed by atoms with Gasteiger partial charge in [-0.25, -0.2) is 0 Å². The lowest BCUT2D eigenvalue weighted by molar-refractivity contribution is 0.0945. The van der Waals surface area contributed by atoms with Crippen LogP contribution in [0.25, 0.3) is 0 Å². The van der Waals surface area contributed by atoms with Gasteiger partial charge in [-0.15, -0.1) is 0 Å². The normalized spacial score (nSPS) is 30.1. The minimum Gasteiger partial charge on any atom is -0.314 e. The summed E-state index contributed by atoms with van der Waals surface area (Å²) < 4.78 is 11.1. The van der Waals surface area contributed by atoms with Gasteiger partial charge in [0.05, 0.1) is 0 Å². The quantitative estimate of drug-likeness (QED) is 0.787. The molecule has 0 bridgehead atoms. The van der Waals surface area contributed by atoms with Crippen LogP contribution in [0, 0.1) is 0 Å². The highest BCUT2D eigenvalue weighted by atomic mass is 32.2. The molecule has 4 unspecified atom stereocenters. The Hall–Kier alpha value is 0.0700. The van der Waals surface area contributed by atoms with Gasteiger partial charge in [0.1, 0.15) is 0 Å². The van der Waals surface area contributed by atoms with Crippen molar-refractivity contribution in [1.29, 1.82) is 0 Å². The minimum atomic E-state index is -0.651. The van der Waals surface area contributed by atoms with E-state index in [1.54, 1.807) is 6.26 Å². The topological polar surface area (TPSA) is 32.3 Å². The zero-order valence-corrected chi connectivity index (χ0v) is 12.6. The Morgan fingerprint density at radius 2 is 2.24 bits per heavy atom. The van der Waals surface area contributed by atoms with Crippen LogP contribution in [-0.2, 0) is 10.8 Å². The summed E-state index contributed by atoms with van der Waals surface area (Å²) in [7, 11) is -0.651. The molecule has 3 nitrogen and oxygen atoms in total. The Labute approximate surface area is 109 Å². The van der Waals surface area contributed by atoms with Crippen molar-refractivity contribution in [3.8, 4) is 0 Å². The summed E-state index contributed by atoms with van der Waals surface area (Å²) in [6.07, 6.45) is 5.35. The van der Waals surface area contributed by atoms with Crippen molar-refractivity contribution < 1.29 is 4.21 Å². The molecule has 1 rings (SSSR count). The summed E-state index contributed by atoms with van der Waals surface area (Å²) in [6.45, 7) is 9.02. The Morgan fingerprint density at radius 1 is 1.53 bits per heavy atom. The van der Waals surface area contributed by atoms with Gasteiger partial charge < -0.3 is 5.32 Å². The number of hydrogen-bond donors (Lipinski definition) is 1. The monoisotopic (exact) mass is 260 g/mol. The number of nitrogens with one attached hydrogen (secondary N) is 1. The Morgan fingerprint density at radius 3 is 2.76 bits per heavy atom. The highest BCUT2D eigenvalue weighted by molar-refractivity contribution is 7.84. The third-order valence-electron chi connectivity index (χ3n) is 3.81. The van der Waals surface area contributed by atoms with E-state index in [0.717, 1.165) is 18.7 Å². The van der Waals surface area contributed by atoms with Gasteiger partial charge in [-0.1, -0.05) is 6.92 Å². The molecule has 0 radical (unpaired) electrons. The van der Waals surface area contributed by atoms with Crippen LogP contribution in [0.15, 0.2) is 0 Å². The molecule has 0 aromatic heterocycles. The maximum Gasteiger partial charge on any atom is 0.0246 e. The first-order valence-electron chi connectivity index (χ1n) is 6.83. The summed E-state index contributed by atoms with van der Waals surface area (Å²) in [4.78, 5) is 2.58. The summed E-state index contributed by atoms with van der Waals surface area (Å²) in [5.74, 6) is 0.834. The van der Waals surface area contributed by atoms with Crippen molar-refractivity contribution in [1.82, 2.24) is 10.2 Å². The van der Waals surface area contributed by atoms with Gasteiger partial charge in [0.15, 0.2) is 0 Å². The third-order valence-corrected chi connectivity index (χ3v) is 4.62. The second-order valence-corrected chi connectivity index (χ2v) is 6.84. The van der Waals surface area contributed by atoms with Gasteiger partial charge in [0.25, 0.3) is 0 Å². The molecule has 1 fully saturated rings. The lowest BCUT2D eigenvalue weighted by atomic mass is 9.96. The first kappa shape index (κ1) is 15.1. The lowest BCUT2D eigenvalue weighted by Crippen LogP contribution is -2.50. The lowest BCUT2D eigenvalue weighted by Gasteiger charge is -2.41. The fourth-order valence-electron chi connectivity index (χ4n) is 2.82. The van der Waals surface area contributed by atoms with E-state index in [-0.39, 0.29) is 0 Å². The second-order valence-electron chi connectivity index (χ2n) is 5.28. The molecule has 0 spiro atoms. The number of nitrogens with zero attached hydrogens (tertiary/aromatic N) is 1. The van der Waals surface area contributed by atoms with Crippen LogP contribution < -0.4 is 5.32 Å². The van der Waals surface area contributed by atoms with Crippen molar-refractivity contribution >= 4 is 10.8 Å². The van der Waals surface area contributed by atoms with Crippen LogP contribution in [0.1, 0.15) is 40.0 Å². The Kier molecular flexibility index (Phi) is 6.67. The molecule has 0 aliphatic carbocycles. The fourth-order valence-corrected chi connectivity index (χ4v) is 3.49. The molecule has 1 heterocycles. The van der Waals surface area contributed by atoms with Crippen LogP contribution in [0.5, 0.6) is 0 Å². The van der Waals surface area contributed by atoms with E-state index in [4.69, 9.17) is 0 Å². The Balaban J connectivity index is 2.37. The standard InChI is InChI=1S/C13H28N2OS/c1-5-14-13-6-8-15(12(3)10-13)11(2)7-9-17(4)16/h11-14H,5-10H2,1-4H3. The molecule has 102 valence electrons. The van der Waals surface area contributed by atoms with Gasteiger partial charge in [0, 0.05) is 47.5 Å². The predicted octanol–water partition coefficient (Wildman–Crippen LogP) is 1.61. The SMILES string of the molecule is CCNC1CCN(C(C)CCS(C)=O)C(C)C1. The fraction of sp³-hybridized carbons (Fsp3) is 1.00. The van der Waals surface area contributed by atoms with Crippen LogP contribution in [0.4, 0.5) is 0 Å². The van der Waals surface area contributed by atoms with E-state index in [2.05, 4.69) is 31.0 Å². The molecule has 1 saturated heterocycles. The predicted molar refractivity (Wildman–Crippen MR) is 75.9 cm³/mol. The zero-order valence-electron chi connectivity index (χ0n) is 11.7. The van der Waals surface area contributed by atoms with Crippen molar-refractivity contribution in [2.75, 3.05) is 25.1 Å². The number of piperidine rings is 1. The highest BCUT2D eigenvalue weighted by Gasteiger charge is 2.27. The molecule has 0 aromatic carbocycles. The number of likely N-dealkylation sites (tertiary alicyclic amines) is 1. The number of rotatable bonds is 6. The van der Waals surface area contributed by atoms with Gasteiger partial charge >= 0.3 is 0 Å². The van der Waals surface area contributed by atoms with E-state index >= 15 is 0 Å². The van der Waals surface area contributed by atoms with Crippen molar-refractivity contribution in [3.05, 3.63) is 0 Å². The molecule has 4 heteroatoms. The molecule has 1 N–H and O–H groups in total. The maximum atomic E-state index is 11.1. The summed E-state index contributed by atoms with van der Waals surface area (Å²) in [5, 5.41) is 3.55. The molecule has 0 saturated carbocycles. The van der Waals surface area contributed by atoms with Gasteiger partial charge in [-0.2, -0.15) is 0 Å². The van der Waals surface area contributed by atoms with Gasteiger partial charge in [0.2, 0.25) is 0 Å². The van der Waals surface area contributed by atoms with Crippen molar-refractivity contribution in [2.45, 2.75) is 58.2 Å². The molecule has 0 amide bonds. The van der Waals surface area contributed by atoms with Crippen LogP contribution in [0.3, 0.4) is 0 Å². The van der Waals surface area contributed by atoms with E-state index in [0.29, 0.717) is 18.1 Å². The van der Waals surface area contributed by atoms with E-state index in [1.807, 2.05) is 0 Å². The number of hydrogen-bond acceptors (Lipinski definition) is 3. The molecule has 4 atom stereocenters. The molecule has 1 aliphatic rings. The molecular formula is C13H28N2OS. The summed E-state index contributed by atoms with van der Waals surface area (Å²) in [5.41, 5.74) is 0. The molecule has 0 aromatic rings. The smallest absolute Gasteiger partial charge is 0.0246 e. The van der Waals surface area contributed by atoms with Crippen LogP contribution in [-0.4, -0.2) is 52.3 Å². The summed E-state index contributed by atoms with van der Waals surface area (Å²) in [6, 6.07) is 1.91. The van der Waals surface area contributed by atoms with Crippen molar-refractivity contribution in [2.24, 2.45) is 0 Å². The maximum absolute atomic E-state index is 11.1. The molecule has 1 aliphatic heterocycles. The summed E-state index contributed by atoms with van der Waals surface area (Å²) >= 11 is 0. The van der Waals surface area contributed by atoms with Crippen LogP contribution >= 0.6 is 0 Å². The largest absolute Gasteiger partial charge is 0.314 e. The van der Waals surface area contributed by atoms with E-state index in [1.165, 1.54) is 19.4 Å². The average Bonchev–Trinajstić information content (AvgIpc) is 2.26. The molecule has 17 heavy (non-hydrogen) atoms. The Bertz CT molecular complexity index is 248. The third kappa shape index (κ3) is 5.06.